The number of esters is 1. The minimum absolute atomic E-state index is 0.0236. The average molecular weight is 421 g/mol. The monoisotopic (exact) mass is 421 g/mol. The molecule has 2 aromatic carbocycles. The molecule has 2 heterocycles. The summed E-state index contributed by atoms with van der Waals surface area (Å²) >= 11 is 0. The van der Waals surface area contributed by atoms with Crippen LogP contribution in [-0.4, -0.2) is 40.7 Å². The van der Waals surface area contributed by atoms with E-state index in [1.165, 1.54) is 12.1 Å². The minimum Gasteiger partial charge on any atom is -0.507 e. The van der Waals surface area contributed by atoms with Gasteiger partial charge in [0.15, 0.2) is 24.2 Å². The number of phenolic OH excluding ortho intramolecular Hbond substituents is 1. The molecule has 0 amide bonds. The molecule has 31 heavy (non-hydrogen) atoms. The van der Waals surface area contributed by atoms with Gasteiger partial charge in [0, 0.05) is 17.0 Å². The fraction of sp³-hybridized carbons (Fsp3) is 0.250. The summed E-state index contributed by atoms with van der Waals surface area (Å²) in [5.74, 6) is 0.186. The number of para-hydroxylation sites is 3. The van der Waals surface area contributed by atoms with Crippen LogP contribution in [0, 0.1) is 13.8 Å². The standard InChI is InChI=1S/C24H23NO6/c1-15-11-19(21(27)14-30-24(28)18-7-3-4-8-20(18)26)16(2)25(15)12-17-13-29-22-9-5-6-10-23(22)31-17/h3-11,17,26H,12-14H2,1-2H3/t17-/m1/s1. The summed E-state index contributed by atoms with van der Waals surface area (Å²) in [6, 6.07) is 15.3. The van der Waals surface area contributed by atoms with Crippen LogP contribution in [0.25, 0.3) is 0 Å². The van der Waals surface area contributed by atoms with Gasteiger partial charge in [-0.25, -0.2) is 4.79 Å². The van der Waals surface area contributed by atoms with E-state index >= 15 is 0 Å². The van der Waals surface area contributed by atoms with E-state index in [9.17, 15) is 14.7 Å². The highest BCUT2D eigenvalue weighted by Gasteiger charge is 2.24. The number of aromatic nitrogens is 1. The molecule has 0 radical (unpaired) electrons. The van der Waals surface area contributed by atoms with Crippen LogP contribution in [-0.2, 0) is 11.3 Å². The molecular weight excluding hydrogens is 398 g/mol. The van der Waals surface area contributed by atoms with Gasteiger partial charge in [-0.15, -0.1) is 0 Å². The Balaban J connectivity index is 1.42. The Morgan fingerprint density at radius 3 is 2.55 bits per heavy atom. The Kier molecular flexibility index (Phi) is 5.66. The quantitative estimate of drug-likeness (QED) is 0.483. The second-order valence-corrected chi connectivity index (χ2v) is 7.41. The molecule has 7 nitrogen and oxygen atoms in total. The van der Waals surface area contributed by atoms with Gasteiger partial charge in [0.05, 0.1) is 6.54 Å². The number of hydrogen-bond acceptors (Lipinski definition) is 6. The lowest BCUT2D eigenvalue weighted by atomic mass is 10.1. The molecule has 0 aliphatic carbocycles. The van der Waals surface area contributed by atoms with Crippen molar-refractivity contribution in [3.8, 4) is 17.2 Å². The fourth-order valence-electron chi connectivity index (χ4n) is 3.65. The molecule has 160 valence electrons. The van der Waals surface area contributed by atoms with Gasteiger partial charge >= 0.3 is 5.97 Å². The van der Waals surface area contributed by atoms with Crippen LogP contribution in [0.2, 0.25) is 0 Å². The topological polar surface area (TPSA) is 87.0 Å². The number of hydrogen-bond donors (Lipinski definition) is 1. The van der Waals surface area contributed by atoms with Crippen molar-refractivity contribution in [2.24, 2.45) is 0 Å². The summed E-state index contributed by atoms with van der Waals surface area (Å²) in [6.45, 7) is 4.29. The number of fused-ring (bicyclic) bond motifs is 1. The second-order valence-electron chi connectivity index (χ2n) is 7.41. The number of aromatic hydroxyl groups is 1. The number of nitrogens with zero attached hydrogens (tertiary/aromatic N) is 1. The smallest absolute Gasteiger partial charge is 0.342 e. The van der Waals surface area contributed by atoms with E-state index in [-0.39, 0.29) is 23.2 Å². The van der Waals surface area contributed by atoms with Crippen molar-refractivity contribution in [2.75, 3.05) is 13.2 Å². The molecule has 0 saturated heterocycles. The van der Waals surface area contributed by atoms with Crippen LogP contribution in [0.15, 0.2) is 54.6 Å². The maximum atomic E-state index is 12.7. The minimum atomic E-state index is -0.744. The van der Waals surface area contributed by atoms with E-state index in [0.717, 1.165) is 17.1 Å². The van der Waals surface area contributed by atoms with Crippen molar-refractivity contribution in [3.05, 3.63) is 77.1 Å². The number of carbonyl (C=O) groups excluding carboxylic acids is 2. The molecule has 0 fully saturated rings. The molecule has 0 spiro atoms. The molecule has 1 aliphatic rings. The maximum absolute atomic E-state index is 12.7. The number of benzene rings is 2. The largest absolute Gasteiger partial charge is 0.507 e. The first-order valence-corrected chi connectivity index (χ1v) is 9.97. The summed E-state index contributed by atoms with van der Waals surface area (Å²) in [6.07, 6.45) is -0.193. The van der Waals surface area contributed by atoms with E-state index in [2.05, 4.69) is 0 Å². The number of rotatable bonds is 6. The predicted molar refractivity (Wildman–Crippen MR) is 113 cm³/mol. The lowest BCUT2D eigenvalue weighted by molar-refractivity contribution is 0.0471. The van der Waals surface area contributed by atoms with Crippen LogP contribution in [0.1, 0.15) is 32.1 Å². The normalized spacial score (nSPS) is 14.8. The van der Waals surface area contributed by atoms with E-state index in [1.54, 1.807) is 18.2 Å². The van der Waals surface area contributed by atoms with Crippen LogP contribution in [0.3, 0.4) is 0 Å². The van der Waals surface area contributed by atoms with E-state index in [4.69, 9.17) is 14.2 Å². The van der Waals surface area contributed by atoms with E-state index in [0.29, 0.717) is 24.5 Å². The molecular formula is C24H23NO6. The molecule has 3 aromatic rings. The van der Waals surface area contributed by atoms with Gasteiger partial charge in [0.25, 0.3) is 0 Å². The number of carbonyl (C=O) groups is 2. The summed E-state index contributed by atoms with van der Waals surface area (Å²) in [7, 11) is 0. The molecule has 0 unspecified atom stereocenters. The third-order valence-corrected chi connectivity index (χ3v) is 5.29. The van der Waals surface area contributed by atoms with Crippen LogP contribution >= 0.6 is 0 Å². The van der Waals surface area contributed by atoms with Gasteiger partial charge < -0.3 is 23.9 Å². The van der Waals surface area contributed by atoms with Crippen LogP contribution in [0.4, 0.5) is 0 Å². The molecule has 1 N–H and O–H groups in total. The van der Waals surface area contributed by atoms with Gasteiger partial charge in [0.2, 0.25) is 5.78 Å². The highest BCUT2D eigenvalue weighted by Crippen LogP contribution is 2.31. The Morgan fingerprint density at radius 2 is 1.77 bits per heavy atom. The Bertz CT molecular complexity index is 1130. The zero-order chi connectivity index (χ0) is 22.0. The maximum Gasteiger partial charge on any atom is 0.342 e. The first kappa shape index (κ1) is 20.5. The number of phenols is 1. The van der Waals surface area contributed by atoms with Crippen molar-refractivity contribution < 1.29 is 28.9 Å². The fourth-order valence-corrected chi connectivity index (χ4v) is 3.65. The first-order valence-electron chi connectivity index (χ1n) is 9.97. The van der Waals surface area contributed by atoms with Gasteiger partial charge in [-0.2, -0.15) is 0 Å². The van der Waals surface area contributed by atoms with Gasteiger partial charge in [-0.3, -0.25) is 4.79 Å². The molecule has 0 saturated carbocycles. The molecule has 1 aromatic heterocycles. The molecule has 1 aliphatic heterocycles. The predicted octanol–water partition coefficient (Wildman–Crippen LogP) is 3.69. The van der Waals surface area contributed by atoms with Gasteiger partial charge in [-0.05, 0) is 44.2 Å². The number of ether oxygens (including phenoxy) is 3. The third-order valence-electron chi connectivity index (χ3n) is 5.29. The summed E-state index contributed by atoms with van der Waals surface area (Å²) in [5, 5.41) is 9.75. The van der Waals surface area contributed by atoms with Crippen molar-refractivity contribution in [2.45, 2.75) is 26.5 Å². The molecule has 0 bridgehead atoms. The first-order chi connectivity index (χ1) is 14.9. The lowest BCUT2D eigenvalue weighted by Crippen LogP contribution is -2.33. The highest BCUT2D eigenvalue weighted by atomic mass is 16.6. The zero-order valence-electron chi connectivity index (χ0n) is 17.3. The molecule has 1 atom stereocenters. The SMILES string of the molecule is Cc1cc(C(=O)COC(=O)c2ccccc2O)c(C)n1C[C@@H]1COc2ccccc2O1. The van der Waals surface area contributed by atoms with Crippen LogP contribution < -0.4 is 9.47 Å². The Labute approximate surface area is 179 Å². The summed E-state index contributed by atoms with van der Waals surface area (Å²) < 4.78 is 18.9. The van der Waals surface area contributed by atoms with Crippen LogP contribution in [0.5, 0.6) is 17.2 Å². The molecule has 4 rings (SSSR count). The third kappa shape index (κ3) is 4.26. The Hall–Kier alpha value is -3.74. The zero-order valence-corrected chi connectivity index (χ0v) is 17.3. The van der Waals surface area contributed by atoms with Crippen molar-refractivity contribution in [1.82, 2.24) is 4.57 Å². The van der Waals surface area contributed by atoms with Gasteiger partial charge in [0.1, 0.15) is 17.9 Å². The van der Waals surface area contributed by atoms with E-state index < -0.39 is 12.6 Å². The van der Waals surface area contributed by atoms with Crippen molar-refractivity contribution in [3.63, 3.8) is 0 Å². The number of ketones is 1. The highest BCUT2D eigenvalue weighted by molar-refractivity contribution is 6.00. The summed E-state index contributed by atoms with van der Waals surface area (Å²) in [5.41, 5.74) is 2.18. The average Bonchev–Trinajstić information content (AvgIpc) is 3.06. The Morgan fingerprint density at radius 1 is 1.06 bits per heavy atom. The second kappa shape index (κ2) is 8.55. The van der Waals surface area contributed by atoms with E-state index in [1.807, 2.05) is 42.7 Å². The number of Topliss-reactive ketones (excluding diaryl/α,β-unsaturated/α-hetero) is 1. The lowest BCUT2D eigenvalue weighted by Gasteiger charge is -2.27. The van der Waals surface area contributed by atoms with Gasteiger partial charge in [-0.1, -0.05) is 24.3 Å². The number of aryl methyl sites for hydroxylation is 1. The molecule has 7 heteroatoms. The van der Waals surface area contributed by atoms with Crippen molar-refractivity contribution in [1.29, 1.82) is 0 Å². The van der Waals surface area contributed by atoms with Crippen molar-refractivity contribution >= 4 is 11.8 Å². The summed E-state index contributed by atoms with van der Waals surface area (Å²) in [4.78, 5) is 24.9.